The minimum Gasteiger partial charge on any atom is -0.380 e. The molecule has 4 heteroatoms. The molecule has 0 radical (unpaired) electrons. The van der Waals surface area contributed by atoms with Crippen molar-refractivity contribution in [2.24, 2.45) is 5.73 Å². The van der Waals surface area contributed by atoms with E-state index in [2.05, 4.69) is 11.9 Å². The van der Waals surface area contributed by atoms with Crippen LogP contribution in [0.2, 0.25) is 0 Å². The van der Waals surface area contributed by atoms with Crippen molar-refractivity contribution in [3.63, 3.8) is 0 Å². The number of primary amides is 1. The lowest BCUT2D eigenvalue weighted by Crippen LogP contribution is -2.22. The summed E-state index contributed by atoms with van der Waals surface area (Å²) in [5, 5.41) is 3.22. The highest BCUT2D eigenvalue weighted by molar-refractivity contribution is 5.94. The van der Waals surface area contributed by atoms with Gasteiger partial charge in [0, 0.05) is 18.7 Å². The molecule has 0 aliphatic carbocycles. The number of rotatable bonds is 9. The Morgan fingerprint density at radius 2 is 2.17 bits per heavy atom. The van der Waals surface area contributed by atoms with E-state index in [0.29, 0.717) is 25.3 Å². The molecule has 0 aliphatic rings. The first-order valence-electron chi connectivity index (χ1n) is 6.02. The van der Waals surface area contributed by atoms with Crippen LogP contribution in [0, 0.1) is 0 Å². The average molecular weight is 248 g/mol. The molecule has 18 heavy (non-hydrogen) atoms. The maximum absolute atomic E-state index is 11.2. The summed E-state index contributed by atoms with van der Waals surface area (Å²) in [4.78, 5) is 11.2. The summed E-state index contributed by atoms with van der Waals surface area (Å²) >= 11 is 0. The Bertz CT molecular complexity index is 391. The zero-order valence-electron chi connectivity index (χ0n) is 10.5. The quantitative estimate of drug-likeness (QED) is 0.514. The largest absolute Gasteiger partial charge is 0.380 e. The van der Waals surface area contributed by atoms with E-state index in [1.165, 1.54) is 0 Å². The number of hydrogen-bond acceptors (Lipinski definition) is 3. The Labute approximate surface area is 108 Å². The van der Waals surface area contributed by atoms with Crippen molar-refractivity contribution in [3.05, 3.63) is 48.0 Å². The third-order valence-electron chi connectivity index (χ3n) is 2.49. The summed E-state index contributed by atoms with van der Waals surface area (Å²) in [6.07, 6.45) is 2.70. The summed E-state index contributed by atoms with van der Waals surface area (Å²) in [6.45, 7) is 6.32. The molecule has 0 spiro atoms. The number of nitrogens with one attached hydrogen (secondary N) is 1. The Morgan fingerprint density at radius 1 is 1.39 bits per heavy atom. The van der Waals surface area contributed by atoms with Crippen LogP contribution in [-0.2, 0) is 11.3 Å². The molecule has 0 fully saturated rings. The molecule has 0 bridgehead atoms. The molecule has 1 amide bonds. The highest BCUT2D eigenvalue weighted by atomic mass is 16.5. The Kier molecular flexibility index (Phi) is 6.76. The summed E-state index contributed by atoms with van der Waals surface area (Å²) < 4.78 is 5.36. The van der Waals surface area contributed by atoms with E-state index in [4.69, 9.17) is 10.5 Å². The minimum absolute atomic E-state index is 0.394. The maximum Gasteiger partial charge on any atom is 0.249 e. The molecule has 0 saturated heterocycles. The smallest absolute Gasteiger partial charge is 0.249 e. The van der Waals surface area contributed by atoms with Crippen LogP contribution in [0.3, 0.4) is 0 Å². The van der Waals surface area contributed by atoms with Crippen molar-refractivity contribution >= 4 is 5.91 Å². The van der Waals surface area contributed by atoms with Crippen LogP contribution in [0.4, 0.5) is 0 Å². The van der Waals surface area contributed by atoms with Crippen molar-refractivity contribution in [1.29, 1.82) is 0 Å². The van der Waals surface area contributed by atoms with Gasteiger partial charge in [-0.3, -0.25) is 4.79 Å². The summed E-state index contributed by atoms with van der Waals surface area (Å²) in [5.74, 6) is -0.394. The molecule has 0 aliphatic heterocycles. The monoisotopic (exact) mass is 248 g/mol. The van der Waals surface area contributed by atoms with Gasteiger partial charge in [-0.05, 0) is 18.1 Å². The lowest BCUT2D eigenvalue weighted by Gasteiger charge is -2.08. The van der Waals surface area contributed by atoms with Crippen molar-refractivity contribution in [2.75, 3.05) is 19.8 Å². The third-order valence-corrected chi connectivity index (χ3v) is 2.49. The van der Waals surface area contributed by atoms with E-state index < -0.39 is 5.91 Å². The minimum atomic E-state index is -0.394. The lowest BCUT2D eigenvalue weighted by molar-refractivity contribution is 0.0999. The normalized spacial score (nSPS) is 10.2. The van der Waals surface area contributed by atoms with Gasteiger partial charge >= 0.3 is 0 Å². The van der Waals surface area contributed by atoms with Gasteiger partial charge in [-0.1, -0.05) is 24.3 Å². The van der Waals surface area contributed by atoms with E-state index >= 15 is 0 Å². The second-order valence-corrected chi connectivity index (χ2v) is 3.89. The summed E-state index contributed by atoms with van der Waals surface area (Å²) in [7, 11) is 0. The van der Waals surface area contributed by atoms with Gasteiger partial charge in [-0.15, -0.1) is 6.58 Å². The van der Waals surface area contributed by atoms with Crippen LogP contribution in [0.1, 0.15) is 22.3 Å². The Hall–Kier alpha value is -1.65. The average Bonchev–Trinajstić information content (AvgIpc) is 2.38. The summed E-state index contributed by atoms with van der Waals surface area (Å²) in [6, 6.07) is 7.33. The van der Waals surface area contributed by atoms with E-state index in [1.807, 2.05) is 24.3 Å². The van der Waals surface area contributed by atoms with Gasteiger partial charge in [0.1, 0.15) is 0 Å². The molecule has 0 saturated carbocycles. The molecule has 1 aromatic rings. The molecule has 98 valence electrons. The predicted octanol–water partition coefficient (Wildman–Crippen LogP) is 1.47. The molecular weight excluding hydrogens is 228 g/mol. The van der Waals surface area contributed by atoms with Crippen LogP contribution in [0.25, 0.3) is 0 Å². The maximum atomic E-state index is 11.2. The molecule has 1 rings (SSSR count). The topological polar surface area (TPSA) is 64.3 Å². The molecule has 3 N–H and O–H groups in total. The van der Waals surface area contributed by atoms with Gasteiger partial charge in [0.2, 0.25) is 5.91 Å². The number of ether oxygens (including phenoxy) is 1. The van der Waals surface area contributed by atoms with Crippen LogP contribution >= 0.6 is 0 Å². The SMILES string of the molecule is C=CCCOCCNCc1ccccc1C(N)=O. The fourth-order valence-corrected chi connectivity index (χ4v) is 1.55. The number of nitrogens with two attached hydrogens (primary N) is 1. The standard InChI is InChI=1S/C14H20N2O2/c1-2-3-9-18-10-8-16-11-12-6-4-5-7-13(12)14(15)17/h2,4-7,16H,1,3,8-11H2,(H2,15,17). The highest BCUT2D eigenvalue weighted by Crippen LogP contribution is 2.07. The van der Waals surface area contributed by atoms with Crippen molar-refractivity contribution in [2.45, 2.75) is 13.0 Å². The first-order valence-corrected chi connectivity index (χ1v) is 6.02. The van der Waals surface area contributed by atoms with Crippen molar-refractivity contribution in [1.82, 2.24) is 5.32 Å². The van der Waals surface area contributed by atoms with Crippen LogP contribution in [0.15, 0.2) is 36.9 Å². The van der Waals surface area contributed by atoms with E-state index in [-0.39, 0.29) is 0 Å². The molecule has 0 atom stereocenters. The van der Waals surface area contributed by atoms with E-state index in [9.17, 15) is 4.79 Å². The third kappa shape index (κ3) is 5.12. The van der Waals surface area contributed by atoms with Crippen molar-refractivity contribution in [3.8, 4) is 0 Å². The second-order valence-electron chi connectivity index (χ2n) is 3.89. The predicted molar refractivity (Wildman–Crippen MR) is 72.3 cm³/mol. The number of benzene rings is 1. The van der Waals surface area contributed by atoms with Gasteiger partial charge in [0.15, 0.2) is 0 Å². The van der Waals surface area contributed by atoms with Gasteiger partial charge in [0.05, 0.1) is 13.2 Å². The summed E-state index contributed by atoms with van der Waals surface area (Å²) in [5.41, 5.74) is 6.78. The van der Waals surface area contributed by atoms with Crippen LogP contribution in [-0.4, -0.2) is 25.7 Å². The number of amides is 1. The highest BCUT2D eigenvalue weighted by Gasteiger charge is 2.05. The van der Waals surface area contributed by atoms with E-state index in [0.717, 1.165) is 18.5 Å². The van der Waals surface area contributed by atoms with Crippen LogP contribution in [0.5, 0.6) is 0 Å². The molecule has 4 nitrogen and oxygen atoms in total. The molecule has 0 unspecified atom stereocenters. The van der Waals surface area contributed by atoms with Crippen LogP contribution < -0.4 is 11.1 Å². The number of carbonyl (C=O) groups excluding carboxylic acids is 1. The van der Waals surface area contributed by atoms with Gasteiger partial charge in [0.25, 0.3) is 0 Å². The van der Waals surface area contributed by atoms with Gasteiger partial charge in [-0.2, -0.15) is 0 Å². The fourth-order valence-electron chi connectivity index (χ4n) is 1.55. The fraction of sp³-hybridized carbons (Fsp3) is 0.357. The number of carbonyl (C=O) groups is 1. The number of hydrogen-bond donors (Lipinski definition) is 2. The molecule has 1 aromatic carbocycles. The van der Waals surface area contributed by atoms with Crippen molar-refractivity contribution < 1.29 is 9.53 Å². The van der Waals surface area contributed by atoms with Gasteiger partial charge in [-0.25, -0.2) is 0 Å². The Balaban J connectivity index is 2.27. The molecular formula is C14H20N2O2. The zero-order chi connectivity index (χ0) is 13.2. The lowest BCUT2D eigenvalue weighted by atomic mass is 10.1. The second kappa shape index (κ2) is 8.44. The van der Waals surface area contributed by atoms with Gasteiger partial charge < -0.3 is 15.8 Å². The Morgan fingerprint density at radius 3 is 2.89 bits per heavy atom. The zero-order valence-corrected chi connectivity index (χ0v) is 10.5. The molecule has 0 aromatic heterocycles. The first kappa shape index (κ1) is 14.4. The molecule has 0 heterocycles. The first-order chi connectivity index (χ1) is 8.75. The van der Waals surface area contributed by atoms with E-state index in [1.54, 1.807) is 6.07 Å².